The van der Waals surface area contributed by atoms with Gasteiger partial charge in [0.05, 0.1) is 18.0 Å². The highest BCUT2D eigenvalue weighted by molar-refractivity contribution is 7.89. The molecule has 1 unspecified atom stereocenters. The van der Waals surface area contributed by atoms with Crippen LogP contribution in [0, 0.1) is 5.82 Å². The summed E-state index contributed by atoms with van der Waals surface area (Å²) in [4.78, 5) is 14.4. The lowest BCUT2D eigenvalue weighted by molar-refractivity contribution is -0.131. The lowest BCUT2D eigenvalue weighted by atomic mass is 10.0. The molecule has 1 heterocycles. The van der Waals surface area contributed by atoms with Crippen molar-refractivity contribution in [3.63, 3.8) is 0 Å². The normalized spacial score (nSPS) is 16.9. The van der Waals surface area contributed by atoms with E-state index < -0.39 is 15.8 Å². The number of hydrogen-bond acceptors (Lipinski definition) is 4. The molecule has 1 fully saturated rings. The standard InChI is InChI=1S/C20H23FN2O4S/c1-27-17-5-2-4-15(14-17)19-6-3-13-23(19)20(24)11-12-22-28(25,26)18-9-7-16(21)8-10-18/h2,4-5,7-10,14,19,22H,3,6,11-13H2,1H3. The molecule has 0 aromatic heterocycles. The van der Waals surface area contributed by atoms with Crippen LogP contribution in [-0.4, -0.2) is 39.4 Å². The fourth-order valence-corrected chi connectivity index (χ4v) is 4.43. The van der Waals surface area contributed by atoms with E-state index in [-0.39, 0.29) is 29.8 Å². The molecule has 150 valence electrons. The Bertz CT molecular complexity index is 931. The van der Waals surface area contributed by atoms with Gasteiger partial charge in [-0.2, -0.15) is 0 Å². The number of rotatable bonds is 7. The highest BCUT2D eigenvalue weighted by Crippen LogP contribution is 2.33. The van der Waals surface area contributed by atoms with Crippen LogP contribution in [0.5, 0.6) is 5.75 Å². The van der Waals surface area contributed by atoms with Crippen molar-refractivity contribution in [2.24, 2.45) is 0 Å². The van der Waals surface area contributed by atoms with Crippen molar-refractivity contribution in [1.82, 2.24) is 9.62 Å². The molecule has 1 amide bonds. The van der Waals surface area contributed by atoms with Gasteiger partial charge < -0.3 is 9.64 Å². The molecule has 2 aromatic rings. The summed E-state index contributed by atoms with van der Waals surface area (Å²) < 4.78 is 45.1. The van der Waals surface area contributed by atoms with E-state index >= 15 is 0 Å². The molecule has 0 spiro atoms. The van der Waals surface area contributed by atoms with Crippen LogP contribution in [0.15, 0.2) is 53.4 Å². The van der Waals surface area contributed by atoms with Crippen LogP contribution in [-0.2, 0) is 14.8 Å². The van der Waals surface area contributed by atoms with Crippen molar-refractivity contribution < 1.29 is 22.3 Å². The molecule has 3 rings (SSSR count). The van der Waals surface area contributed by atoms with Crippen molar-refractivity contribution >= 4 is 15.9 Å². The Kier molecular flexibility index (Phi) is 6.31. The lowest BCUT2D eigenvalue weighted by Crippen LogP contribution is -2.34. The number of benzene rings is 2. The minimum absolute atomic E-state index is 0.0140. The summed E-state index contributed by atoms with van der Waals surface area (Å²) in [5, 5.41) is 0. The zero-order chi connectivity index (χ0) is 20.1. The zero-order valence-corrected chi connectivity index (χ0v) is 16.4. The number of ether oxygens (including phenoxy) is 1. The van der Waals surface area contributed by atoms with Gasteiger partial charge in [0.1, 0.15) is 11.6 Å². The van der Waals surface area contributed by atoms with Crippen molar-refractivity contribution in [1.29, 1.82) is 0 Å². The molecule has 28 heavy (non-hydrogen) atoms. The summed E-state index contributed by atoms with van der Waals surface area (Å²) in [6.07, 6.45) is 1.82. The molecule has 6 nitrogen and oxygen atoms in total. The highest BCUT2D eigenvalue weighted by atomic mass is 32.2. The molecule has 2 aromatic carbocycles. The Morgan fingerprint density at radius 1 is 1.25 bits per heavy atom. The van der Waals surface area contributed by atoms with E-state index in [0.29, 0.717) is 6.54 Å². The number of likely N-dealkylation sites (tertiary alicyclic amines) is 1. The van der Waals surface area contributed by atoms with Crippen LogP contribution in [0.2, 0.25) is 0 Å². The Morgan fingerprint density at radius 3 is 2.71 bits per heavy atom. The molecule has 1 atom stereocenters. The summed E-state index contributed by atoms with van der Waals surface area (Å²) in [7, 11) is -2.17. The number of nitrogens with zero attached hydrogens (tertiary/aromatic N) is 1. The predicted molar refractivity (Wildman–Crippen MR) is 103 cm³/mol. The zero-order valence-electron chi connectivity index (χ0n) is 15.6. The molecule has 0 bridgehead atoms. The first kappa shape index (κ1) is 20.3. The number of methoxy groups -OCH3 is 1. The topological polar surface area (TPSA) is 75.7 Å². The molecule has 0 saturated carbocycles. The first-order chi connectivity index (χ1) is 13.4. The van der Waals surface area contributed by atoms with Gasteiger partial charge in [-0.1, -0.05) is 12.1 Å². The fourth-order valence-electron chi connectivity index (χ4n) is 3.39. The van der Waals surface area contributed by atoms with Crippen LogP contribution in [0.3, 0.4) is 0 Å². The van der Waals surface area contributed by atoms with E-state index in [2.05, 4.69) is 4.72 Å². The fraction of sp³-hybridized carbons (Fsp3) is 0.350. The van der Waals surface area contributed by atoms with Gasteiger partial charge in [0.15, 0.2) is 0 Å². The third-order valence-electron chi connectivity index (χ3n) is 4.81. The van der Waals surface area contributed by atoms with Gasteiger partial charge >= 0.3 is 0 Å². The Labute approximate surface area is 164 Å². The number of hydrogen-bond donors (Lipinski definition) is 1. The van der Waals surface area contributed by atoms with Crippen LogP contribution in [0.25, 0.3) is 0 Å². The molecule has 8 heteroatoms. The third-order valence-corrected chi connectivity index (χ3v) is 6.28. The van der Waals surface area contributed by atoms with Crippen LogP contribution in [0.1, 0.15) is 30.9 Å². The lowest BCUT2D eigenvalue weighted by Gasteiger charge is -2.25. The van der Waals surface area contributed by atoms with Crippen molar-refractivity contribution in [2.75, 3.05) is 20.2 Å². The second kappa shape index (κ2) is 8.70. The number of nitrogens with one attached hydrogen (secondary N) is 1. The minimum Gasteiger partial charge on any atom is -0.497 e. The van der Waals surface area contributed by atoms with Crippen molar-refractivity contribution in [3.8, 4) is 5.75 Å². The molecule has 1 aliphatic heterocycles. The van der Waals surface area contributed by atoms with Gasteiger partial charge in [0.25, 0.3) is 0 Å². The third kappa shape index (κ3) is 4.69. The van der Waals surface area contributed by atoms with E-state index in [1.165, 1.54) is 12.1 Å². The summed E-state index contributed by atoms with van der Waals surface area (Å²) in [5.41, 5.74) is 1.01. The van der Waals surface area contributed by atoms with Crippen molar-refractivity contribution in [2.45, 2.75) is 30.2 Å². The molecule has 1 aliphatic rings. The van der Waals surface area contributed by atoms with Crippen LogP contribution in [0.4, 0.5) is 4.39 Å². The molecule has 1 saturated heterocycles. The van der Waals surface area contributed by atoms with Gasteiger partial charge in [0, 0.05) is 19.5 Å². The van der Waals surface area contributed by atoms with Crippen molar-refractivity contribution in [3.05, 3.63) is 59.9 Å². The molecule has 0 radical (unpaired) electrons. The SMILES string of the molecule is COc1cccc(C2CCCN2C(=O)CCNS(=O)(=O)c2ccc(F)cc2)c1. The smallest absolute Gasteiger partial charge is 0.240 e. The maximum atomic E-state index is 13.0. The largest absolute Gasteiger partial charge is 0.497 e. The van der Waals surface area contributed by atoms with Crippen LogP contribution < -0.4 is 9.46 Å². The van der Waals surface area contributed by atoms with E-state index in [9.17, 15) is 17.6 Å². The summed E-state index contributed by atoms with van der Waals surface area (Å²) >= 11 is 0. The number of sulfonamides is 1. The van der Waals surface area contributed by atoms with E-state index in [1.54, 1.807) is 12.0 Å². The highest BCUT2D eigenvalue weighted by Gasteiger charge is 2.30. The monoisotopic (exact) mass is 406 g/mol. The first-order valence-corrected chi connectivity index (χ1v) is 10.6. The van der Waals surface area contributed by atoms with Gasteiger partial charge in [-0.05, 0) is 54.8 Å². The molecule has 0 aliphatic carbocycles. The molecular formula is C20H23FN2O4S. The Balaban J connectivity index is 1.60. The number of halogens is 1. The quantitative estimate of drug-likeness (QED) is 0.767. The van der Waals surface area contributed by atoms with Gasteiger partial charge in [0.2, 0.25) is 15.9 Å². The maximum Gasteiger partial charge on any atom is 0.240 e. The maximum absolute atomic E-state index is 13.0. The average Bonchev–Trinajstić information content (AvgIpc) is 3.18. The summed E-state index contributed by atoms with van der Waals surface area (Å²) in [5.74, 6) is 0.128. The number of carbonyl (C=O) groups is 1. The predicted octanol–water partition coefficient (Wildman–Crippen LogP) is 2.87. The minimum atomic E-state index is -3.77. The first-order valence-electron chi connectivity index (χ1n) is 9.09. The summed E-state index contributed by atoms with van der Waals surface area (Å²) in [6.45, 7) is 0.630. The summed E-state index contributed by atoms with van der Waals surface area (Å²) in [6, 6.07) is 12.2. The number of carbonyl (C=O) groups excluding carboxylic acids is 1. The van der Waals surface area contributed by atoms with E-state index in [4.69, 9.17) is 4.74 Å². The average molecular weight is 406 g/mol. The Morgan fingerprint density at radius 2 is 2.00 bits per heavy atom. The van der Waals surface area contributed by atoms with Gasteiger partial charge in [-0.25, -0.2) is 17.5 Å². The molecule has 1 N–H and O–H groups in total. The Hall–Kier alpha value is -2.45. The van der Waals surface area contributed by atoms with E-state index in [0.717, 1.165) is 36.3 Å². The van der Waals surface area contributed by atoms with E-state index in [1.807, 2.05) is 24.3 Å². The molecular weight excluding hydrogens is 383 g/mol. The van der Waals surface area contributed by atoms with Crippen LogP contribution >= 0.6 is 0 Å². The second-order valence-corrected chi connectivity index (χ2v) is 8.39. The second-order valence-electron chi connectivity index (χ2n) is 6.62. The van der Waals surface area contributed by atoms with Gasteiger partial charge in [-0.3, -0.25) is 4.79 Å². The van der Waals surface area contributed by atoms with Gasteiger partial charge in [-0.15, -0.1) is 0 Å². The number of amides is 1.